The van der Waals surface area contributed by atoms with Gasteiger partial charge in [-0.25, -0.2) is 4.79 Å². The summed E-state index contributed by atoms with van der Waals surface area (Å²) in [7, 11) is 0. The minimum Gasteiger partial charge on any atom is -0.381 e. The number of nitrogens with one attached hydrogen (secondary N) is 2. The summed E-state index contributed by atoms with van der Waals surface area (Å²) >= 11 is 0. The Hall–Kier alpha value is -0.810. The maximum absolute atomic E-state index is 10.4. The third-order valence-electron chi connectivity index (χ3n) is 2.56. The van der Waals surface area contributed by atoms with Crippen LogP contribution in [0.4, 0.5) is 4.79 Å². The average Bonchev–Trinajstić information content (AvgIpc) is 2.64. The molecule has 0 aromatic heterocycles. The number of ether oxygens (including phenoxy) is 1. The standard InChI is InChI=1S/C9H19N3O2/c1-7(8-2-5-14-6-8)11-3-4-12-9(10)13/h7-8,11H,2-6H2,1H3,(H3,10,12,13). The second kappa shape index (κ2) is 5.82. The molecule has 14 heavy (non-hydrogen) atoms. The number of nitrogens with two attached hydrogens (primary N) is 1. The summed E-state index contributed by atoms with van der Waals surface area (Å²) < 4.78 is 5.29. The van der Waals surface area contributed by atoms with Gasteiger partial charge in [-0.3, -0.25) is 0 Å². The summed E-state index contributed by atoms with van der Waals surface area (Å²) in [5, 5.41) is 5.87. The Morgan fingerprint density at radius 2 is 2.43 bits per heavy atom. The van der Waals surface area contributed by atoms with Crippen molar-refractivity contribution in [2.24, 2.45) is 11.7 Å². The lowest BCUT2D eigenvalue weighted by Gasteiger charge is -2.19. The van der Waals surface area contributed by atoms with Gasteiger partial charge in [0, 0.05) is 25.7 Å². The first-order valence-corrected chi connectivity index (χ1v) is 5.04. The highest BCUT2D eigenvalue weighted by Gasteiger charge is 2.21. The lowest BCUT2D eigenvalue weighted by molar-refractivity contribution is 0.178. The molecule has 2 amide bonds. The monoisotopic (exact) mass is 201 g/mol. The number of carbonyl (C=O) groups is 1. The Morgan fingerprint density at radius 3 is 3.00 bits per heavy atom. The molecule has 0 radical (unpaired) electrons. The Labute approximate surface area is 84.4 Å². The molecule has 1 rings (SSSR count). The van der Waals surface area contributed by atoms with E-state index in [0.717, 1.165) is 26.2 Å². The van der Waals surface area contributed by atoms with Crippen LogP contribution in [0, 0.1) is 5.92 Å². The Morgan fingerprint density at radius 1 is 1.64 bits per heavy atom. The molecule has 1 fully saturated rings. The van der Waals surface area contributed by atoms with Gasteiger partial charge in [0.05, 0.1) is 6.61 Å². The lowest BCUT2D eigenvalue weighted by Crippen LogP contribution is -2.40. The van der Waals surface area contributed by atoms with Gasteiger partial charge in [0.15, 0.2) is 0 Å². The number of urea groups is 1. The van der Waals surface area contributed by atoms with Crippen LogP contribution in [0.3, 0.4) is 0 Å². The molecule has 0 bridgehead atoms. The van der Waals surface area contributed by atoms with E-state index in [0.29, 0.717) is 18.5 Å². The van der Waals surface area contributed by atoms with Crippen LogP contribution in [0.1, 0.15) is 13.3 Å². The van der Waals surface area contributed by atoms with Crippen molar-refractivity contribution in [2.75, 3.05) is 26.3 Å². The van der Waals surface area contributed by atoms with Crippen molar-refractivity contribution in [3.05, 3.63) is 0 Å². The van der Waals surface area contributed by atoms with Gasteiger partial charge in [-0.05, 0) is 19.3 Å². The van der Waals surface area contributed by atoms with Crippen molar-refractivity contribution in [1.82, 2.24) is 10.6 Å². The van der Waals surface area contributed by atoms with Crippen LogP contribution in [0.5, 0.6) is 0 Å². The molecule has 0 aliphatic carbocycles. The molecule has 2 atom stereocenters. The van der Waals surface area contributed by atoms with E-state index in [1.807, 2.05) is 0 Å². The first kappa shape index (κ1) is 11.3. The molecule has 5 heteroatoms. The predicted octanol–water partition coefficient (Wildman–Crippen LogP) is -0.331. The molecule has 0 aromatic rings. The molecule has 4 N–H and O–H groups in total. The largest absolute Gasteiger partial charge is 0.381 e. The van der Waals surface area contributed by atoms with Gasteiger partial charge in [-0.2, -0.15) is 0 Å². The summed E-state index contributed by atoms with van der Waals surface area (Å²) in [6.45, 7) is 5.19. The lowest BCUT2D eigenvalue weighted by atomic mass is 10.0. The van der Waals surface area contributed by atoms with E-state index in [4.69, 9.17) is 10.5 Å². The Balaban J connectivity index is 2.02. The van der Waals surface area contributed by atoms with Crippen molar-refractivity contribution >= 4 is 6.03 Å². The van der Waals surface area contributed by atoms with Gasteiger partial charge in [-0.1, -0.05) is 0 Å². The SMILES string of the molecule is CC(NCCNC(N)=O)C1CCOC1. The van der Waals surface area contributed by atoms with Crippen LogP contribution < -0.4 is 16.4 Å². The highest BCUT2D eigenvalue weighted by Crippen LogP contribution is 2.15. The van der Waals surface area contributed by atoms with Gasteiger partial charge in [-0.15, -0.1) is 0 Å². The molecule has 0 aromatic carbocycles. The second-order valence-electron chi connectivity index (χ2n) is 3.66. The number of rotatable bonds is 5. The molecule has 1 aliphatic rings. The first-order chi connectivity index (χ1) is 6.70. The van der Waals surface area contributed by atoms with Gasteiger partial charge in [0.1, 0.15) is 0 Å². The number of carbonyl (C=O) groups excluding carboxylic acids is 1. The van der Waals surface area contributed by atoms with E-state index in [-0.39, 0.29) is 0 Å². The van der Waals surface area contributed by atoms with Gasteiger partial charge in [0.25, 0.3) is 0 Å². The van der Waals surface area contributed by atoms with Crippen LogP contribution in [0.15, 0.2) is 0 Å². The van der Waals surface area contributed by atoms with Crippen molar-refractivity contribution in [2.45, 2.75) is 19.4 Å². The first-order valence-electron chi connectivity index (χ1n) is 5.04. The molecule has 0 saturated carbocycles. The smallest absolute Gasteiger partial charge is 0.312 e. The van der Waals surface area contributed by atoms with Crippen LogP contribution in [0.25, 0.3) is 0 Å². The van der Waals surface area contributed by atoms with E-state index in [2.05, 4.69) is 17.6 Å². The van der Waals surface area contributed by atoms with Crippen molar-refractivity contribution in [3.8, 4) is 0 Å². The predicted molar refractivity (Wildman–Crippen MR) is 54.0 cm³/mol. The van der Waals surface area contributed by atoms with E-state index < -0.39 is 6.03 Å². The molecular formula is C9H19N3O2. The van der Waals surface area contributed by atoms with Crippen molar-refractivity contribution in [1.29, 1.82) is 0 Å². The average molecular weight is 201 g/mol. The molecule has 2 unspecified atom stereocenters. The highest BCUT2D eigenvalue weighted by atomic mass is 16.5. The third kappa shape index (κ3) is 3.93. The fourth-order valence-electron chi connectivity index (χ4n) is 1.60. The van der Waals surface area contributed by atoms with Gasteiger partial charge >= 0.3 is 6.03 Å². The van der Waals surface area contributed by atoms with Gasteiger partial charge in [0.2, 0.25) is 0 Å². The topological polar surface area (TPSA) is 76.4 Å². The quantitative estimate of drug-likeness (QED) is 0.533. The van der Waals surface area contributed by atoms with Crippen molar-refractivity contribution in [3.63, 3.8) is 0 Å². The number of hydrogen-bond donors (Lipinski definition) is 3. The summed E-state index contributed by atoms with van der Waals surface area (Å²) in [6, 6.07) is -0.0316. The van der Waals surface area contributed by atoms with Gasteiger partial charge < -0.3 is 21.1 Å². The molecular weight excluding hydrogens is 182 g/mol. The zero-order chi connectivity index (χ0) is 10.4. The van der Waals surface area contributed by atoms with Crippen LogP contribution >= 0.6 is 0 Å². The molecule has 1 saturated heterocycles. The zero-order valence-electron chi connectivity index (χ0n) is 8.58. The van der Waals surface area contributed by atoms with Crippen LogP contribution in [-0.4, -0.2) is 38.4 Å². The fourth-order valence-corrected chi connectivity index (χ4v) is 1.60. The fraction of sp³-hybridized carbons (Fsp3) is 0.889. The third-order valence-corrected chi connectivity index (χ3v) is 2.56. The molecule has 5 nitrogen and oxygen atoms in total. The normalized spacial score (nSPS) is 23.4. The van der Waals surface area contributed by atoms with E-state index in [9.17, 15) is 4.79 Å². The van der Waals surface area contributed by atoms with E-state index >= 15 is 0 Å². The Bertz CT molecular complexity index is 181. The number of amides is 2. The molecule has 82 valence electrons. The summed E-state index contributed by atoms with van der Waals surface area (Å²) in [6.07, 6.45) is 1.12. The number of hydrogen-bond acceptors (Lipinski definition) is 3. The number of primary amides is 1. The highest BCUT2D eigenvalue weighted by molar-refractivity contribution is 5.71. The van der Waals surface area contributed by atoms with E-state index in [1.165, 1.54) is 0 Å². The molecule has 0 spiro atoms. The Kier molecular flexibility index (Phi) is 4.69. The second-order valence-corrected chi connectivity index (χ2v) is 3.66. The van der Waals surface area contributed by atoms with Crippen LogP contribution in [0.2, 0.25) is 0 Å². The van der Waals surface area contributed by atoms with Crippen molar-refractivity contribution < 1.29 is 9.53 Å². The summed E-state index contributed by atoms with van der Waals surface area (Å²) in [5.41, 5.74) is 4.93. The van der Waals surface area contributed by atoms with E-state index in [1.54, 1.807) is 0 Å². The summed E-state index contributed by atoms with van der Waals surface area (Å²) in [5.74, 6) is 0.601. The maximum atomic E-state index is 10.4. The zero-order valence-corrected chi connectivity index (χ0v) is 8.58. The maximum Gasteiger partial charge on any atom is 0.312 e. The molecule has 1 aliphatic heterocycles. The minimum atomic E-state index is -0.469. The summed E-state index contributed by atoms with van der Waals surface area (Å²) in [4.78, 5) is 10.4. The molecule has 1 heterocycles. The van der Waals surface area contributed by atoms with Crippen LogP contribution in [-0.2, 0) is 4.74 Å². The minimum absolute atomic E-state index is 0.437.